The molecule has 0 N–H and O–H groups in total. The van der Waals surface area contributed by atoms with Gasteiger partial charge in [0, 0.05) is 0 Å². The molecule has 0 nitrogen and oxygen atoms in total. The molecule has 0 heterocycles. The number of alkyl halides is 1. The Morgan fingerprint density at radius 3 is 1.50 bits per heavy atom. The van der Waals surface area contributed by atoms with Gasteiger partial charge in [0.15, 0.2) is 0 Å². The Labute approximate surface area is 39.4 Å². The van der Waals surface area contributed by atoms with Crippen LogP contribution in [0.5, 0.6) is 0 Å². The topological polar surface area (TPSA) is 0 Å². The van der Waals surface area contributed by atoms with Crippen molar-refractivity contribution in [1.82, 2.24) is 0 Å². The van der Waals surface area contributed by atoms with Gasteiger partial charge in [0.05, 0.1) is 6.67 Å². The molecule has 6 heavy (non-hydrogen) atoms. The molecule has 0 fully saturated rings. The molecule has 0 aromatic rings. The molecule has 0 radical (unpaired) electrons. The zero-order chi connectivity index (χ0) is 5.41. The van der Waals surface area contributed by atoms with Crippen molar-refractivity contribution in [2.24, 2.45) is 0 Å². The van der Waals surface area contributed by atoms with Crippen molar-refractivity contribution >= 4 is 0 Å². The van der Waals surface area contributed by atoms with Crippen LogP contribution >= 0.6 is 0 Å². The largest absolute Gasteiger partial charge is 0.251 e. The van der Waals surface area contributed by atoms with Gasteiger partial charge in [0.1, 0.15) is 0 Å². The fourth-order valence-electron chi connectivity index (χ4n) is 0. The molecule has 0 atom stereocenters. The number of rotatable bonds is 1. The van der Waals surface area contributed by atoms with Crippen LogP contribution in [-0.4, -0.2) is 6.67 Å². The average Bonchev–Trinajstić information content (AvgIpc) is 1.72. The van der Waals surface area contributed by atoms with Gasteiger partial charge in [-0.2, -0.15) is 0 Å². The highest BCUT2D eigenvalue weighted by molar-refractivity contribution is 4.11. The molecule has 0 aromatic heterocycles. The minimum absolute atomic E-state index is 0.181. The van der Waals surface area contributed by atoms with Gasteiger partial charge in [0.25, 0.3) is 0 Å². The van der Waals surface area contributed by atoms with E-state index in [1.165, 1.54) is 0 Å². The molecule has 0 rings (SSSR count). The summed E-state index contributed by atoms with van der Waals surface area (Å²) in [6.45, 7) is 5.62. The normalized spacial score (nSPS) is 6.00. The Morgan fingerprint density at radius 1 is 1.33 bits per heavy atom. The predicted molar refractivity (Wildman–Crippen MR) is 27.6 cm³/mol. The van der Waals surface area contributed by atoms with Crippen molar-refractivity contribution in [3.05, 3.63) is 0 Å². The van der Waals surface area contributed by atoms with E-state index in [0.717, 1.165) is 0 Å². The second-order valence-electron chi connectivity index (χ2n) is 0.689. The molecular weight excluding hydrogens is 79.1 g/mol. The molecule has 0 aromatic carbocycles. The maximum absolute atomic E-state index is 10.7. The van der Waals surface area contributed by atoms with Gasteiger partial charge in [-0.05, 0) is 6.42 Å². The van der Waals surface area contributed by atoms with Crippen molar-refractivity contribution in [2.45, 2.75) is 27.2 Å². The predicted octanol–water partition coefficient (Wildman–Crippen LogP) is 2.39. The van der Waals surface area contributed by atoms with Crippen LogP contribution in [0.2, 0.25) is 0 Å². The van der Waals surface area contributed by atoms with E-state index in [1.54, 1.807) is 6.92 Å². The summed E-state index contributed by atoms with van der Waals surface area (Å²) in [5, 5.41) is 0. The van der Waals surface area contributed by atoms with Crippen molar-refractivity contribution in [1.29, 1.82) is 0 Å². The van der Waals surface area contributed by atoms with E-state index in [9.17, 15) is 4.39 Å². The van der Waals surface area contributed by atoms with Gasteiger partial charge in [-0.25, -0.2) is 0 Å². The Morgan fingerprint density at radius 2 is 1.50 bits per heavy atom. The lowest BCUT2D eigenvalue weighted by atomic mass is 10.6. The minimum Gasteiger partial charge on any atom is -0.251 e. The van der Waals surface area contributed by atoms with E-state index in [2.05, 4.69) is 0 Å². The summed E-state index contributed by atoms with van der Waals surface area (Å²) in [6, 6.07) is 0. The van der Waals surface area contributed by atoms with Crippen LogP contribution in [0.4, 0.5) is 4.39 Å². The first-order valence-corrected chi connectivity index (χ1v) is 2.47. The molecule has 0 aliphatic rings. The highest BCUT2D eigenvalue weighted by Gasteiger charge is 1.60. The highest BCUT2D eigenvalue weighted by atomic mass is 19.1. The molecule has 40 valence electrons. The summed E-state index contributed by atoms with van der Waals surface area (Å²) >= 11 is 0. The zero-order valence-corrected chi connectivity index (χ0v) is 4.79. The number of halogens is 1. The third-order valence-corrected chi connectivity index (χ3v) is 0.189. The SMILES string of the molecule is CC.CCCF. The van der Waals surface area contributed by atoms with E-state index < -0.39 is 0 Å². The van der Waals surface area contributed by atoms with Gasteiger partial charge in [-0.1, -0.05) is 20.8 Å². The van der Waals surface area contributed by atoms with Crippen LogP contribution in [0.1, 0.15) is 27.2 Å². The summed E-state index contributed by atoms with van der Waals surface area (Å²) in [4.78, 5) is 0. The third-order valence-electron chi connectivity index (χ3n) is 0.189. The molecule has 0 bridgehead atoms. The van der Waals surface area contributed by atoms with Gasteiger partial charge >= 0.3 is 0 Å². The summed E-state index contributed by atoms with van der Waals surface area (Å²) in [7, 11) is 0. The van der Waals surface area contributed by atoms with E-state index in [-0.39, 0.29) is 6.67 Å². The summed E-state index contributed by atoms with van der Waals surface area (Å²) < 4.78 is 10.7. The lowest BCUT2D eigenvalue weighted by Gasteiger charge is -1.64. The van der Waals surface area contributed by atoms with Crippen LogP contribution in [0.3, 0.4) is 0 Å². The Balaban J connectivity index is 0. The molecule has 0 aliphatic carbocycles. The zero-order valence-electron chi connectivity index (χ0n) is 4.79. The Hall–Kier alpha value is -0.0700. The van der Waals surface area contributed by atoms with Gasteiger partial charge in [-0.15, -0.1) is 0 Å². The highest BCUT2D eigenvalue weighted by Crippen LogP contribution is 1.69. The second kappa shape index (κ2) is 20.4. The maximum atomic E-state index is 10.7. The molecule has 0 saturated heterocycles. The fraction of sp³-hybridized carbons (Fsp3) is 1.00. The summed E-state index contributed by atoms with van der Waals surface area (Å²) in [5.41, 5.74) is 0. The molecule has 0 amide bonds. The van der Waals surface area contributed by atoms with Crippen LogP contribution in [0.25, 0.3) is 0 Å². The van der Waals surface area contributed by atoms with Crippen molar-refractivity contribution < 1.29 is 4.39 Å². The monoisotopic (exact) mass is 92.1 g/mol. The molecule has 0 aliphatic heterocycles. The second-order valence-corrected chi connectivity index (χ2v) is 0.689. The first-order valence-electron chi connectivity index (χ1n) is 2.47. The maximum Gasteiger partial charge on any atom is 0.0891 e. The Bertz CT molecular complexity index is 5.90. The van der Waals surface area contributed by atoms with Gasteiger partial charge < -0.3 is 0 Å². The quantitative estimate of drug-likeness (QED) is 0.466. The van der Waals surface area contributed by atoms with Crippen LogP contribution in [-0.2, 0) is 0 Å². The lowest BCUT2D eigenvalue weighted by Crippen LogP contribution is -1.58. The Kier molecular flexibility index (Phi) is 31.8. The number of hydrogen-bond donors (Lipinski definition) is 0. The molecule has 0 saturated carbocycles. The van der Waals surface area contributed by atoms with E-state index in [4.69, 9.17) is 0 Å². The van der Waals surface area contributed by atoms with Crippen LogP contribution in [0, 0.1) is 0 Å². The van der Waals surface area contributed by atoms with Gasteiger partial charge in [-0.3, -0.25) is 4.39 Å². The van der Waals surface area contributed by atoms with E-state index in [0.29, 0.717) is 6.42 Å². The van der Waals surface area contributed by atoms with E-state index in [1.807, 2.05) is 13.8 Å². The first-order chi connectivity index (χ1) is 2.91. The molecule has 0 unspecified atom stereocenters. The molecule has 0 spiro atoms. The van der Waals surface area contributed by atoms with Crippen molar-refractivity contribution in [3.63, 3.8) is 0 Å². The lowest BCUT2D eigenvalue weighted by molar-refractivity contribution is 0.487. The van der Waals surface area contributed by atoms with Crippen LogP contribution < -0.4 is 0 Å². The summed E-state index contributed by atoms with van der Waals surface area (Å²) in [5.74, 6) is 0. The molecule has 1 heteroatoms. The van der Waals surface area contributed by atoms with Crippen molar-refractivity contribution in [3.8, 4) is 0 Å². The third kappa shape index (κ3) is 39.0. The fourth-order valence-corrected chi connectivity index (χ4v) is 0. The minimum atomic E-state index is -0.181. The van der Waals surface area contributed by atoms with E-state index >= 15 is 0 Å². The average molecular weight is 92.2 g/mol. The van der Waals surface area contributed by atoms with Crippen LogP contribution in [0.15, 0.2) is 0 Å². The summed E-state index contributed by atoms with van der Waals surface area (Å²) in [6.07, 6.45) is 0.653. The first kappa shape index (κ1) is 9.33. The number of hydrogen-bond acceptors (Lipinski definition) is 0. The standard InChI is InChI=1S/C3H7F.C2H6/c1-2-3-4;1-2/h2-3H2,1H3;1-2H3. The molecular formula is C5H13F. The smallest absolute Gasteiger partial charge is 0.0891 e. The van der Waals surface area contributed by atoms with Crippen molar-refractivity contribution in [2.75, 3.05) is 6.67 Å². The van der Waals surface area contributed by atoms with Gasteiger partial charge in [0.2, 0.25) is 0 Å².